The monoisotopic (exact) mass is 304 g/mol. The van der Waals surface area contributed by atoms with Crippen LogP contribution in [0.5, 0.6) is 0 Å². The van der Waals surface area contributed by atoms with Gasteiger partial charge in [-0.2, -0.15) is 0 Å². The number of aliphatic hydroxyl groups is 4. The summed E-state index contributed by atoms with van der Waals surface area (Å²) in [6.07, 6.45) is -7.40. The maximum Gasteiger partial charge on any atom is 0.113 e. The number of benzene rings is 3. The summed E-state index contributed by atoms with van der Waals surface area (Å²) < 4.78 is 65.8. The van der Waals surface area contributed by atoms with Gasteiger partial charge in [0, 0.05) is 0 Å². The lowest BCUT2D eigenvalue weighted by Gasteiger charge is -2.34. The first-order valence-corrected chi connectivity index (χ1v) is 6.61. The molecule has 4 nitrogen and oxygen atoms in total. The van der Waals surface area contributed by atoms with Crippen molar-refractivity contribution in [3.05, 3.63) is 59.5 Å². The Labute approximate surface area is 138 Å². The van der Waals surface area contributed by atoms with Gasteiger partial charge in [-0.1, -0.05) is 36.3 Å². The molecule has 0 radical (unpaired) electrons. The molecule has 4 atom stereocenters. The largest absolute Gasteiger partial charge is 0.387 e. The summed E-state index contributed by atoms with van der Waals surface area (Å²) in [5.74, 6) is 0. The molecule has 0 bridgehead atoms. The third kappa shape index (κ3) is 1.79. The predicted molar refractivity (Wildman–Crippen MR) is 83.4 cm³/mol. The third-order valence-electron chi connectivity index (χ3n) is 3.90. The normalized spacial score (nSPS) is 33.1. The Hall–Kier alpha value is -1.98. The van der Waals surface area contributed by atoms with E-state index in [1.165, 1.54) is 0 Å². The molecule has 0 amide bonds. The van der Waals surface area contributed by atoms with Gasteiger partial charge in [0.15, 0.2) is 0 Å². The Balaban J connectivity index is 2.38. The van der Waals surface area contributed by atoms with E-state index < -0.39 is 72.8 Å². The van der Waals surface area contributed by atoms with Gasteiger partial charge in [0.1, 0.15) is 24.4 Å². The molecule has 4 rings (SSSR count). The fraction of sp³-hybridized carbons (Fsp3) is 0.222. The number of aliphatic hydroxyl groups excluding tert-OH is 4. The van der Waals surface area contributed by atoms with Gasteiger partial charge in [-0.25, -0.2) is 0 Å². The van der Waals surface area contributed by atoms with E-state index in [9.17, 15) is 20.4 Å². The maximum atomic E-state index is 10.4. The molecule has 3 aromatic rings. The molecule has 0 saturated heterocycles. The molecular formula is C18H16O4. The average molecular weight is 304 g/mol. The minimum Gasteiger partial charge on any atom is -0.387 e. The van der Waals surface area contributed by atoms with Crippen LogP contribution in [0.2, 0.25) is 0 Å². The Morgan fingerprint density at radius 2 is 1.27 bits per heavy atom. The highest BCUT2D eigenvalue weighted by molar-refractivity contribution is 6.07. The lowest BCUT2D eigenvalue weighted by Crippen LogP contribution is -2.41. The van der Waals surface area contributed by atoms with E-state index in [1.807, 2.05) is 0 Å². The van der Waals surface area contributed by atoms with E-state index in [0.29, 0.717) is 0 Å². The van der Waals surface area contributed by atoms with E-state index in [0.717, 1.165) is 0 Å². The Bertz CT molecular complexity index is 1260. The SMILES string of the molecule is [2H]c1c([2H])c([2H])c2c(c1[2H])c([2H])c([2H])c1c([2H])c3c(c([2H])c12)[C@H](O)[C@H](O)[C@@H](O)[C@@H]3O. The Morgan fingerprint density at radius 1 is 0.682 bits per heavy atom. The van der Waals surface area contributed by atoms with Crippen molar-refractivity contribution in [1.29, 1.82) is 0 Å². The lowest BCUT2D eigenvalue weighted by atomic mass is 9.81. The minimum atomic E-state index is -1.86. The van der Waals surface area contributed by atoms with Gasteiger partial charge in [0.25, 0.3) is 0 Å². The van der Waals surface area contributed by atoms with Crippen molar-refractivity contribution in [3.8, 4) is 0 Å². The topological polar surface area (TPSA) is 80.9 Å². The first-order chi connectivity index (χ1) is 13.9. The van der Waals surface area contributed by atoms with Crippen molar-refractivity contribution in [1.82, 2.24) is 0 Å². The zero-order valence-electron chi connectivity index (χ0n) is 19.1. The van der Waals surface area contributed by atoms with Crippen LogP contribution in [0, 0.1) is 0 Å². The van der Waals surface area contributed by atoms with E-state index in [4.69, 9.17) is 11.0 Å². The van der Waals surface area contributed by atoms with Crippen molar-refractivity contribution in [2.45, 2.75) is 24.4 Å². The molecular weight excluding hydrogens is 280 g/mol. The summed E-state index contributed by atoms with van der Waals surface area (Å²) in [6, 6.07) is -4.71. The van der Waals surface area contributed by atoms with Gasteiger partial charge in [-0.3, -0.25) is 0 Å². The van der Waals surface area contributed by atoms with Crippen LogP contribution in [0.4, 0.5) is 0 Å². The molecule has 0 heterocycles. The van der Waals surface area contributed by atoms with Crippen molar-refractivity contribution in [2.75, 3.05) is 0 Å². The second-order valence-corrected chi connectivity index (χ2v) is 5.20. The summed E-state index contributed by atoms with van der Waals surface area (Å²) in [5.41, 5.74) is -0.741. The van der Waals surface area contributed by atoms with Crippen LogP contribution < -0.4 is 0 Å². The van der Waals surface area contributed by atoms with Crippen molar-refractivity contribution in [2.24, 2.45) is 0 Å². The minimum absolute atomic E-state index is 0.263. The van der Waals surface area contributed by atoms with Crippen LogP contribution in [0.3, 0.4) is 0 Å². The van der Waals surface area contributed by atoms with Crippen LogP contribution in [-0.2, 0) is 0 Å². The average Bonchev–Trinajstić information content (AvgIpc) is 2.71. The molecule has 0 saturated carbocycles. The highest BCUT2D eigenvalue weighted by Crippen LogP contribution is 2.40. The number of rotatable bonds is 0. The number of hydrogen-bond donors (Lipinski definition) is 4. The van der Waals surface area contributed by atoms with E-state index in [1.54, 1.807) is 0 Å². The first-order valence-electron chi connectivity index (χ1n) is 10.6. The van der Waals surface area contributed by atoms with Gasteiger partial charge in [0.05, 0.1) is 11.0 Å². The van der Waals surface area contributed by atoms with E-state index in [2.05, 4.69) is 0 Å². The van der Waals surface area contributed by atoms with Gasteiger partial charge < -0.3 is 20.4 Å². The molecule has 1 aliphatic carbocycles. The number of fused-ring (bicyclic) bond motifs is 4. The summed E-state index contributed by atoms with van der Waals surface area (Å²) in [4.78, 5) is 0. The van der Waals surface area contributed by atoms with Gasteiger partial charge in [0.2, 0.25) is 0 Å². The second kappa shape index (κ2) is 4.76. The Morgan fingerprint density at radius 3 is 2.00 bits per heavy atom. The summed E-state index contributed by atoms with van der Waals surface area (Å²) in [7, 11) is 0. The molecule has 1 aliphatic rings. The highest BCUT2D eigenvalue weighted by Gasteiger charge is 2.39. The van der Waals surface area contributed by atoms with Crippen LogP contribution >= 0.6 is 0 Å². The third-order valence-corrected chi connectivity index (χ3v) is 3.90. The van der Waals surface area contributed by atoms with Crippen LogP contribution in [0.25, 0.3) is 21.5 Å². The molecule has 112 valence electrons. The molecule has 0 unspecified atom stereocenters. The van der Waals surface area contributed by atoms with Crippen molar-refractivity contribution in [3.63, 3.8) is 0 Å². The molecule has 0 spiro atoms. The quantitative estimate of drug-likeness (QED) is 0.477. The predicted octanol–water partition coefficient (Wildman–Crippen LogP) is 1.80. The molecule has 0 fully saturated rings. The van der Waals surface area contributed by atoms with Crippen LogP contribution in [0.1, 0.15) is 34.3 Å². The molecule has 0 aromatic heterocycles. The lowest BCUT2D eigenvalue weighted by molar-refractivity contribution is -0.120. The van der Waals surface area contributed by atoms with E-state index in [-0.39, 0.29) is 32.7 Å². The molecule has 4 N–H and O–H groups in total. The van der Waals surface area contributed by atoms with Crippen LogP contribution in [0.15, 0.2) is 48.3 Å². The molecule has 3 aromatic carbocycles. The Kier molecular flexibility index (Phi) is 1.63. The van der Waals surface area contributed by atoms with Crippen molar-refractivity contribution >= 4 is 21.5 Å². The van der Waals surface area contributed by atoms with Crippen LogP contribution in [-0.4, -0.2) is 32.6 Å². The van der Waals surface area contributed by atoms with Gasteiger partial charge in [-0.05, 0) is 44.8 Å². The summed E-state index contributed by atoms with van der Waals surface area (Å²) in [5, 5.41) is 39.7. The smallest absolute Gasteiger partial charge is 0.113 e. The fourth-order valence-electron chi connectivity index (χ4n) is 2.71. The van der Waals surface area contributed by atoms with E-state index >= 15 is 0 Å². The van der Waals surface area contributed by atoms with Gasteiger partial charge >= 0.3 is 0 Å². The maximum absolute atomic E-state index is 10.4. The zero-order valence-corrected chi connectivity index (χ0v) is 11.1. The molecule has 0 aliphatic heterocycles. The highest BCUT2D eigenvalue weighted by atomic mass is 16.4. The zero-order chi connectivity index (χ0) is 22.4. The second-order valence-electron chi connectivity index (χ2n) is 5.20. The van der Waals surface area contributed by atoms with Crippen molar-refractivity contribution < 1.29 is 31.4 Å². The first kappa shape index (κ1) is 7.53. The summed E-state index contributed by atoms with van der Waals surface area (Å²) in [6.45, 7) is 0. The standard InChI is InChI=1S/C18H16O4/c19-15-13-7-10-6-5-9-3-1-2-4-11(9)12(10)8-14(13)16(20)18(22)17(15)21/h1-8,15-22H/t15-,16+,17+,18+/m1/s1/i1D,2D,3D,4D,5D,6D,7D,8D. The molecule has 22 heavy (non-hydrogen) atoms. The molecule has 4 heteroatoms. The number of hydrogen-bond acceptors (Lipinski definition) is 4. The summed E-state index contributed by atoms with van der Waals surface area (Å²) >= 11 is 0. The van der Waals surface area contributed by atoms with Gasteiger partial charge in [-0.15, -0.1) is 0 Å². The fourth-order valence-corrected chi connectivity index (χ4v) is 2.71.